The van der Waals surface area contributed by atoms with Crippen molar-refractivity contribution < 1.29 is 14.3 Å². The molecule has 1 unspecified atom stereocenters. The maximum Gasteiger partial charge on any atom is 0.255 e. The minimum absolute atomic E-state index is 0.0851. The largest absolute Gasteiger partial charge is 0.493 e. The van der Waals surface area contributed by atoms with Crippen molar-refractivity contribution in [2.75, 3.05) is 50.1 Å². The molecule has 1 atom stereocenters. The maximum atomic E-state index is 13.1. The van der Waals surface area contributed by atoms with Gasteiger partial charge in [-0.2, -0.15) is 0 Å². The lowest BCUT2D eigenvalue weighted by Gasteiger charge is -2.34. The Hall–Kier alpha value is -3.06. The van der Waals surface area contributed by atoms with Crippen LogP contribution >= 0.6 is 0 Å². The predicted octanol–water partition coefficient (Wildman–Crippen LogP) is 3.54. The summed E-state index contributed by atoms with van der Waals surface area (Å²) in [6.45, 7) is 12.2. The second-order valence-corrected chi connectivity index (χ2v) is 8.90. The molecule has 2 aromatic rings. The van der Waals surface area contributed by atoms with Crippen molar-refractivity contribution in [3.05, 3.63) is 53.6 Å². The van der Waals surface area contributed by atoms with Crippen molar-refractivity contribution in [3.8, 4) is 5.75 Å². The number of carbonyl (C=O) groups excluding carboxylic acids is 2. The van der Waals surface area contributed by atoms with E-state index in [4.69, 9.17) is 4.74 Å². The highest BCUT2D eigenvalue weighted by molar-refractivity contribution is 6.02. The van der Waals surface area contributed by atoms with E-state index in [2.05, 4.69) is 39.6 Å². The molecule has 0 bridgehead atoms. The molecular formula is C26H36N4O3. The van der Waals surface area contributed by atoms with Crippen LogP contribution in [0.15, 0.2) is 42.5 Å². The Morgan fingerprint density at radius 3 is 2.39 bits per heavy atom. The summed E-state index contributed by atoms with van der Waals surface area (Å²) in [5.74, 6) is -0.133. The van der Waals surface area contributed by atoms with Crippen LogP contribution in [-0.4, -0.2) is 62.6 Å². The second-order valence-electron chi connectivity index (χ2n) is 8.90. The van der Waals surface area contributed by atoms with Crippen LogP contribution < -0.4 is 20.3 Å². The van der Waals surface area contributed by atoms with Gasteiger partial charge in [0.25, 0.3) is 5.91 Å². The number of hydrogen-bond donors (Lipinski definition) is 2. The number of para-hydroxylation sites is 1. The van der Waals surface area contributed by atoms with E-state index in [-0.39, 0.29) is 17.7 Å². The molecule has 1 aliphatic rings. The van der Waals surface area contributed by atoms with Gasteiger partial charge in [-0.15, -0.1) is 0 Å². The third-order valence-electron chi connectivity index (χ3n) is 6.00. The minimum Gasteiger partial charge on any atom is -0.493 e. The van der Waals surface area contributed by atoms with Crippen LogP contribution in [0.4, 0.5) is 11.4 Å². The van der Waals surface area contributed by atoms with Gasteiger partial charge in [0.15, 0.2) is 0 Å². The molecule has 2 aromatic carbocycles. The van der Waals surface area contributed by atoms with Crippen LogP contribution in [0.2, 0.25) is 0 Å². The third kappa shape index (κ3) is 6.26. The number of amides is 2. The molecule has 2 N–H and O–H groups in total. The van der Waals surface area contributed by atoms with Crippen molar-refractivity contribution in [2.24, 2.45) is 5.92 Å². The molecule has 0 aromatic heterocycles. The van der Waals surface area contributed by atoms with E-state index in [9.17, 15) is 9.59 Å². The number of ether oxygens (including phenoxy) is 1. The lowest BCUT2D eigenvalue weighted by molar-refractivity contribution is -0.118. The molecule has 7 heteroatoms. The summed E-state index contributed by atoms with van der Waals surface area (Å²) in [6.07, 6.45) is 0. The Bertz CT molecular complexity index is 968. The first-order valence-corrected chi connectivity index (χ1v) is 11.7. The Kier molecular flexibility index (Phi) is 8.33. The van der Waals surface area contributed by atoms with Crippen LogP contribution in [0, 0.1) is 12.8 Å². The molecule has 1 fully saturated rings. The Labute approximate surface area is 197 Å². The van der Waals surface area contributed by atoms with Crippen molar-refractivity contribution in [1.29, 1.82) is 0 Å². The average molecular weight is 453 g/mol. The van der Waals surface area contributed by atoms with E-state index < -0.39 is 6.04 Å². The van der Waals surface area contributed by atoms with Crippen molar-refractivity contribution in [2.45, 2.75) is 33.7 Å². The van der Waals surface area contributed by atoms with E-state index in [1.807, 2.05) is 39.8 Å². The fourth-order valence-electron chi connectivity index (χ4n) is 3.95. The first-order chi connectivity index (χ1) is 15.8. The molecule has 0 radical (unpaired) electrons. The van der Waals surface area contributed by atoms with Crippen LogP contribution in [0.3, 0.4) is 0 Å². The van der Waals surface area contributed by atoms with E-state index in [0.29, 0.717) is 17.9 Å². The highest BCUT2D eigenvalue weighted by Crippen LogP contribution is 2.24. The number of hydrogen-bond acceptors (Lipinski definition) is 5. The Morgan fingerprint density at radius 2 is 1.76 bits per heavy atom. The Morgan fingerprint density at radius 1 is 1.06 bits per heavy atom. The summed E-state index contributed by atoms with van der Waals surface area (Å²) in [6, 6.07) is 12.5. The summed E-state index contributed by atoms with van der Waals surface area (Å²) in [5, 5.41) is 5.91. The molecule has 0 spiro atoms. The minimum atomic E-state index is -0.677. The van der Waals surface area contributed by atoms with Crippen molar-refractivity contribution >= 4 is 23.2 Å². The smallest absolute Gasteiger partial charge is 0.255 e. The van der Waals surface area contributed by atoms with E-state index in [1.54, 1.807) is 18.2 Å². The number of likely N-dealkylation sites (N-methyl/N-ethyl adjacent to an activating group) is 1. The van der Waals surface area contributed by atoms with Crippen LogP contribution in [-0.2, 0) is 4.79 Å². The monoisotopic (exact) mass is 452 g/mol. The van der Waals surface area contributed by atoms with Gasteiger partial charge in [-0.05, 0) is 62.7 Å². The summed E-state index contributed by atoms with van der Waals surface area (Å²) in [4.78, 5) is 30.8. The standard InChI is InChI=1S/C26H36N4O3/c1-6-33-23-10-8-7-9-21(23)25(31)28-24(18(2)3)26(32)27-22-12-11-20(17-19(22)4)30-15-13-29(5)14-16-30/h7-12,17-18,24H,6,13-16H2,1-5H3,(H,27,32)(H,28,31). The molecule has 3 rings (SSSR count). The molecule has 178 valence electrons. The summed E-state index contributed by atoms with van der Waals surface area (Å²) in [7, 11) is 2.14. The highest BCUT2D eigenvalue weighted by atomic mass is 16.5. The number of anilines is 2. The van der Waals surface area contributed by atoms with Gasteiger partial charge in [-0.25, -0.2) is 0 Å². The first kappa shape index (κ1) is 24.6. The Balaban J connectivity index is 1.70. The van der Waals surface area contributed by atoms with Gasteiger partial charge in [0.1, 0.15) is 11.8 Å². The van der Waals surface area contributed by atoms with E-state index >= 15 is 0 Å². The lowest BCUT2D eigenvalue weighted by atomic mass is 10.0. The zero-order chi connectivity index (χ0) is 24.0. The fraction of sp³-hybridized carbons (Fsp3) is 0.462. The van der Waals surface area contributed by atoms with Gasteiger partial charge in [-0.1, -0.05) is 26.0 Å². The molecular weight excluding hydrogens is 416 g/mol. The average Bonchev–Trinajstić information content (AvgIpc) is 2.79. The highest BCUT2D eigenvalue weighted by Gasteiger charge is 2.26. The molecule has 2 amide bonds. The third-order valence-corrected chi connectivity index (χ3v) is 6.00. The molecule has 0 saturated carbocycles. The topological polar surface area (TPSA) is 73.9 Å². The first-order valence-electron chi connectivity index (χ1n) is 11.7. The number of aryl methyl sites for hydroxylation is 1. The van der Waals surface area contributed by atoms with Gasteiger partial charge < -0.3 is 25.2 Å². The number of nitrogens with zero attached hydrogens (tertiary/aromatic N) is 2. The summed E-state index contributed by atoms with van der Waals surface area (Å²) in [5.41, 5.74) is 3.34. The second kappa shape index (κ2) is 11.2. The molecule has 0 aliphatic carbocycles. The van der Waals surface area contributed by atoms with Crippen LogP contribution in [0.5, 0.6) is 5.75 Å². The molecule has 1 aliphatic heterocycles. The van der Waals surface area contributed by atoms with Gasteiger partial charge >= 0.3 is 0 Å². The number of nitrogens with one attached hydrogen (secondary N) is 2. The molecule has 1 saturated heterocycles. The van der Waals surface area contributed by atoms with Gasteiger partial charge in [-0.3, -0.25) is 9.59 Å². The summed E-state index contributed by atoms with van der Waals surface area (Å²) >= 11 is 0. The molecule has 1 heterocycles. The predicted molar refractivity (Wildman–Crippen MR) is 133 cm³/mol. The SMILES string of the molecule is CCOc1ccccc1C(=O)NC(C(=O)Nc1ccc(N2CCN(C)CC2)cc1C)C(C)C. The normalized spacial score (nSPS) is 15.3. The van der Waals surface area contributed by atoms with Crippen LogP contribution in [0.25, 0.3) is 0 Å². The summed E-state index contributed by atoms with van der Waals surface area (Å²) < 4.78 is 5.57. The van der Waals surface area contributed by atoms with Crippen LogP contribution in [0.1, 0.15) is 36.7 Å². The number of benzene rings is 2. The zero-order valence-corrected chi connectivity index (χ0v) is 20.4. The van der Waals surface area contributed by atoms with E-state index in [1.165, 1.54) is 5.69 Å². The number of carbonyl (C=O) groups is 2. The maximum absolute atomic E-state index is 13.1. The van der Waals surface area contributed by atoms with E-state index in [0.717, 1.165) is 37.4 Å². The molecule has 7 nitrogen and oxygen atoms in total. The zero-order valence-electron chi connectivity index (χ0n) is 20.4. The molecule has 33 heavy (non-hydrogen) atoms. The van der Waals surface area contributed by atoms with Gasteiger partial charge in [0, 0.05) is 37.6 Å². The van der Waals surface area contributed by atoms with Gasteiger partial charge in [0.2, 0.25) is 5.91 Å². The fourth-order valence-corrected chi connectivity index (χ4v) is 3.95. The number of rotatable bonds is 8. The van der Waals surface area contributed by atoms with Gasteiger partial charge in [0.05, 0.1) is 12.2 Å². The lowest BCUT2D eigenvalue weighted by Crippen LogP contribution is -2.47. The quantitative estimate of drug-likeness (QED) is 0.641. The van der Waals surface area contributed by atoms with Crippen molar-refractivity contribution in [3.63, 3.8) is 0 Å². The van der Waals surface area contributed by atoms with Crippen molar-refractivity contribution in [1.82, 2.24) is 10.2 Å². The number of piperazine rings is 1.